The van der Waals surface area contributed by atoms with Crippen LogP contribution < -0.4 is 4.90 Å². The third-order valence-electron chi connectivity index (χ3n) is 4.66. The molecule has 30 heavy (non-hydrogen) atoms. The van der Waals surface area contributed by atoms with Crippen molar-refractivity contribution in [2.75, 3.05) is 19.0 Å². The molecule has 2 aromatic carbocycles. The van der Waals surface area contributed by atoms with Gasteiger partial charge in [0, 0.05) is 19.8 Å². The SMILES string of the molecule is CN(C)c1ccc(/C=C/c2cccc(-c3sc(=S)n(-c4ccccc4)c3O)n2)cc1. The van der Waals surface area contributed by atoms with Crippen LogP contribution in [0.5, 0.6) is 5.88 Å². The van der Waals surface area contributed by atoms with E-state index in [1.54, 1.807) is 4.57 Å². The van der Waals surface area contributed by atoms with Crippen LogP contribution in [0.3, 0.4) is 0 Å². The Hall–Kier alpha value is -3.22. The molecule has 0 unspecified atom stereocenters. The van der Waals surface area contributed by atoms with Gasteiger partial charge in [0.25, 0.3) is 0 Å². The van der Waals surface area contributed by atoms with Gasteiger partial charge in [-0.15, -0.1) is 0 Å². The molecule has 2 heterocycles. The lowest BCUT2D eigenvalue weighted by Gasteiger charge is -2.11. The van der Waals surface area contributed by atoms with E-state index in [1.165, 1.54) is 11.3 Å². The molecule has 150 valence electrons. The molecule has 0 saturated carbocycles. The van der Waals surface area contributed by atoms with Crippen LogP contribution in [0.4, 0.5) is 5.69 Å². The molecule has 0 radical (unpaired) electrons. The lowest BCUT2D eigenvalue weighted by Crippen LogP contribution is -2.07. The average molecular weight is 432 g/mol. The van der Waals surface area contributed by atoms with Crippen molar-refractivity contribution in [1.82, 2.24) is 9.55 Å². The van der Waals surface area contributed by atoms with Gasteiger partial charge in [-0.2, -0.15) is 0 Å². The van der Waals surface area contributed by atoms with Crippen LogP contribution in [-0.2, 0) is 0 Å². The second-order valence-electron chi connectivity index (χ2n) is 6.96. The highest BCUT2D eigenvalue weighted by Gasteiger charge is 2.16. The number of hydrogen-bond acceptors (Lipinski definition) is 5. The van der Waals surface area contributed by atoms with E-state index in [2.05, 4.69) is 29.2 Å². The Balaban J connectivity index is 1.63. The van der Waals surface area contributed by atoms with Crippen LogP contribution >= 0.6 is 23.6 Å². The highest BCUT2D eigenvalue weighted by Crippen LogP contribution is 2.37. The zero-order valence-electron chi connectivity index (χ0n) is 16.7. The molecule has 0 amide bonds. The number of anilines is 1. The fourth-order valence-electron chi connectivity index (χ4n) is 3.07. The zero-order valence-corrected chi connectivity index (χ0v) is 18.3. The zero-order chi connectivity index (χ0) is 21.1. The van der Waals surface area contributed by atoms with E-state index in [0.29, 0.717) is 14.5 Å². The average Bonchev–Trinajstić information content (AvgIpc) is 3.07. The monoisotopic (exact) mass is 431 g/mol. The number of nitrogens with zero attached hydrogens (tertiary/aromatic N) is 3. The second-order valence-corrected chi connectivity index (χ2v) is 8.60. The molecule has 0 bridgehead atoms. The largest absolute Gasteiger partial charge is 0.493 e. The van der Waals surface area contributed by atoms with Crippen molar-refractivity contribution >= 4 is 41.4 Å². The predicted octanol–water partition coefficient (Wildman–Crippen LogP) is 6.27. The lowest BCUT2D eigenvalue weighted by molar-refractivity contribution is 0.444. The maximum Gasteiger partial charge on any atom is 0.217 e. The molecule has 0 aliphatic carbocycles. The highest BCUT2D eigenvalue weighted by atomic mass is 32.1. The van der Waals surface area contributed by atoms with E-state index >= 15 is 0 Å². The molecule has 4 aromatic rings. The molecule has 0 saturated heterocycles. The number of benzene rings is 2. The van der Waals surface area contributed by atoms with Gasteiger partial charge in [-0.3, -0.25) is 4.57 Å². The molecule has 4 nitrogen and oxygen atoms in total. The van der Waals surface area contributed by atoms with Crippen molar-refractivity contribution in [3.8, 4) is 22.1 Å². The fourth-order valence-corrected chi connectivity index (χ4v) is 4.37. The fraction of sp³-hybridized carbons (Fsp3) is 0.0833. The maximum absolute atomic E-state index is 10.8. The van der Waals surface area contributed by atoms with Crippen molar-refractivity contribution in [3.05, 3.63) is 88.0 Å². The summed E-state index contributed by atoms with van der Waals surface area (Å²) in [5.74, 6) is 0.115. The smallest absolute Gasteiger partial charge is 0.217 e. The summed E-state index contributed by atoms with van der Waals surface area (Å²) in [5, 5.41) is 10.8. The summed E-state index contributed by atoms with van der Waals surface area (Å²) in [6, 6.07) is 23.7. The molecule has 6 heteroatoms. The molecule has 0 aliphatic heterocycles. The van der Waals surface area contributed by atoms with E-state index < -0.39 is 0 Å². The first kappa shape index (κ1) is 20.1. The number of para-hydroxylation sites is 1. The van der Waals surface area contributed by atoms with Gasteiger partial charge in [0.15, 0.2) is 3.95 Å². The van der Waals surface area contributed by atoms with Crippen LogP contribution in [0, 0.1) is 3.95 Å². The van der Waals surface area contributed by atoms with Crippen LogP contribution in [0.15, 0.2) is 72.8 Å². The minimum Gasteiger partial charge on any atom is -0.493 e. The minimum atomic E-state index is 0.115. The number of pyridine rings is 1. The first-order valence-electron chi connectivity index (χ1n) is 9.46. The molecule has 1 N–H and O–H groups in total. The molecule has 4 rings (SSSR count). The van der Waals surface area contributed by atoms with E-state index in [9.17, 15) is 5.11 Å². The molecular weight excluding hydrogens is 410 g/mol. The van der Waals surface area contributed by atoms with Crippen LogP contribution in [0.25, 0.3) is 28.4 Å². The van der Waals surface area contributed by atoms with Gasteiger partial charge in [-0.25, -0.2) is 4.98 Å². The summed E-state index contributed by atoms with van der Waals surface area (Å²) < 4.78 is 2.25. The topological polar surface area (TPSA) is 41.3 Å². The number of aromatic hydroxyl groups is 1. The van der Waals surface area contributed by atoms with E-state index in [4.69, 9.17) is 17.2 Å². The molecule has 0 fully saturated rings. The standard InChI is InChI=1S/C24H21N3OS2/c1-26(2)19-15-12-17(13-16-19)11-14-18-7-6-10-21(25-18)22-23(28)27(24(29)30-22)20-8-4-3-5-9-20/h3-16,28H,1-2H3/b14-11+. The van der Waals surface area contributed by atoms with Gasteiger partial charge < -0.3 is 10.0 Å². The Kier molecular flexibility index (Phi) is 5.79. The van der Waals surface area contributed by atoms with Crippen LogP contribution in [-0.4, -0.2) is 28.8 Å². The van der Waals surface area contributed by atoms with Gasteiger partial charge in [0.1, 0.15) is 4.88 Å². The van der Waals surface area contributed by atoms with Crippen molar-refractivity contribution < 1.29 is 5.11 Å². The Labute approximate surface area is 185 Å². The van der Waals surface area contributed by atoms with Gasteiger partial charge in [-0.05, 0) is 60.3 Å². The van der Waals surface area contributed by atoms with Crippen LogP contribution in [0.1, 0.15) is 11.3 Å². The molecule has 0 aliphatic rings. The molecule has 0 spiro atoms. The van der Waals surface area contributed by atoms with Crippen molar-refractivity contribution in [1.29, 1.82) is 0 Å². The van der Waals surface area contributed by atoms with Crippen molar-refractivity contribution in [2.24, 2.45) is 0 Å². The summed E-state index contributed by atoms with van der Waals surface area (Å²) in [4.78, 5) is 7.44. The van der Waals surface area contributed by atoms with Crippen LogP contribution in [0.2, 0.25) is 0 Å². The Morgan fingerprint density at radius 2 is 1.67 bits per heavy atom. The first-order chi connectivity index (χ1) is 14.5. The van der Waals surface area contributed by atoms with Gasteiger partial charge in [-0.1, -0.05) is 53.8 Å². The van der Waals surface area contributed by atoms with Gasteiger partial charge in [0.2, 0.25) is 5.88 Å². The second kappa shape index (κ2) is 8.65. The third-order valence-corrected chi connectivity index (χ3v) is 6.05. The lowest BCUT2D eigenvalue weighted by atomic mass is 10.1. The summed E-state index contributed by atoms with van der Waals surface area (Å²) in [5.41, 5.74) is 4.60. The first-order valence-corrected chi connectivity index (χ1v) is 10.7. The van der Waals surface area contributed by atoms with Crippen molar-refractivity contribution in [3.63, 3.8) is 0 Å². The Bertz CT molecular complexity index is 1240. The Morgan fingerprint density at radius 1 is 0.933 bits per heavy atom. The van der Waals surface area contributed by atoms with E-state index in [1.807, 2.05) is 74.8 Å². The number of aromatic nitrogens is 2. The Morgan fingerprint density at radius 3 is 2.37 bits per heavy atom. The van der Waals surface area contributed by atoms with E-state index in [-0.39, 0.29) is 5.88 Å². The molecular formula is C24H21N3OS2. The minimum absolute atomic E-state index is 0.115. The van der Waals surface area contributed by atoms with Crippen molar-refractivity contribution in [2.45, 2.75) is 0 Å². The summed E-state index contributed by atoms with van der Waals surface area (Å²) in [6.45, 7) is 0. The van der Waals surface area contributed by atoms with Gasteiger partial charge in [0.05, 0.1) is 17.1 Å². The predicted molar refractivity (Wildman–Crippen MR) is 129 cm³/mol. The maximum atomic E-state index is 10.8. The normalized spacial score (nSPS) is 11.1. The number of rotatable bonds is 5. The van der Waals surface area contributed by atoms with E-state index in [0.717, 1.165) is 22.6 Å². The third kappa shape index (κ3) is 4.20. The summed E-state index contributed by atoms with van der Waals surface area (Å²) in [7, 11) is 4.05. The number of thiazole rings is 1. The molecule has 0 atom stereocenters. The highest BCUT2D eigenvalue weighted by molar-refractivity contribution is 7.73. The quantitative estimate of drug-likeness (QED) is 0.378. The molecule has 2 aromatic heterocycles. The van der Waals surface area contributed by atoms with Gasteiger partial charge >= 0.3 is 0 Å². The summed E-state index contributed by atoms with van der Waals surface area (Å²) in [6.07, 6.45) is 4.00. The summed E-state index contributed by atoms with van der Waals surface area (Å²) >= 11 is 6.85. The number of hydrogen-bond donors (Lipinski definition) is 1.